The van der Waals surface area contributed by atoms with Crippen molar-refractivity contribution in [1.82, 2.24) is 0 Å². The summed E-state index contributed by atoms with van der Waals surface area (Å²) in [6.07, 6.45) is 3.16. The van der Waals surface area contributed by atoms with Gasteiger partial charge < -0.3 is 0 Å². The third-order valence-corrected chi connectivity index (χ3v) is 12.9. The van der Waals surface area contributed by atoms with Crippen LogP contribution in [0.3, 0.4) is 0 Å². The Labute approximate surface area is 307 Å². The van der Waals surface area contributed by atoms with Crippen molar-refractivity contribution in [1.29, 1.82) is 0 Å². The number of hydrogen-bond donors (Lipinski definition) is 0. The third-order valence-electron chi connectivity index (χ3n) is 12.9. The van der Waals surface area contributed by atoms with Crippen LogP contribution in [0.25, 0.3) is 66.1 Å². The van der Waals surface area contributed by atoms with Gasteiger partial charge in [0.25, 0.3) is 0 Å². The van der Waals surface area contributed by atoms with Crippen LogP contribution in [0, 0.1) is 0 Å². The van der Waals surface area contributed by atoms with Gasteiger partial charge in [0.05, 0.1) is 0 Å². The lowest BCUT2D eigenvalue weighted by molar-refractivity contribution is 0.490. The third kappa shape index (κ3) is 4.04. The van der Waals surface area contributed by atoms with Gasteiger partial charge in [-0.05, 0) is 125 Å². The van der Waals surface area contributed by atoms with E-state index in [0.717, 1.165) is 19.3 Å². The maximum absolute atomic E-state index is 2.54. The summed E-state index contributed by atoms with van der Waals surface area (Å²) in [5.74, 6) is 0. The molecule has 0 fully saturated rings. The summed E-state index contributed by atoms with van der Waals surface area (Å²) in [5.41, 5.74) is 17.7. The number of benzene rings is 8. The van der Waals surface area contributed by atoms with Gasteiger partial charge in [-0.25, -0.2) is 0 Å². The second kappa shape index (κ2) is 11.7. The molecule has 0 spiro atoms. The Morgan fingerprint density at radius 3 is 1.31 bits per heavy atom. The lowest BCUT2D eigenvalue weighted by Gasteiger charge is -2.32. The first-order chi connectivity index (χ1) is 25.6. The zero-order valence-electron chi connectivity index (χ0n) is 30.2. The molecule has 0 N–H and O–H groups in total. The molecule has 8 aromatic carbocycles. The van der Waals surface area contributed by atoms with E-state index in [1.807, 2.05) is 0 Å². The molecule has 0 nitrogen and oxygen atoms in total. The lowest BCUT2D eigenvalue weighted by Crippen LogP contribution is -2.25. The minimum atomic E-state index is -0.207. The second-order valence-corrected chi connectivity index (χ2v) is 14.9. The molecule has 0 saturated heterocycles. The zero-order valence-corrected chi connectivity index (χ0v) is 30.2. The second-order valence-electron chi connectivity index (χ2n) is 14.9. The molecule has 0 saturated carbocycles. The largest absolute Gasteiger partial charge is 0.0642 e. The molecule has 0 radical (unpaired) electrons. The number of hydrogen-bond acceptors (Lipinski definition) is 0. The van der Waals surface area contributed by atoms with Gasteiger partial charge in [0, 0.05) is 10.8 Å². The van der Waals surface area contributed by atoms with Crippen LogP contribution in [0.2, 0.25) is 0 Å². The fourth-order valence-electron chi connectivity index (χ4n) is 10.5. The van der Waals surface area contributed by atoms with Crippen LogP contribution < -0.4 is 0 Å². The predicted molar refractivity (Wildman–Crippen MR) is 221 cm³/mol. The van der Waals surface area contributed by atoms with Crippen LogP contribution in [0.1, 0.15) is 67.9 Å². The predicted octanol–water partition coefficient (Wildman–Crippen LogP) is 14.1. The summed E-state index contributed by atoms with van der Waals surface area (Å²) in [4.78, 5) is 0. The van der Waals surface area contributed by atoms with Crippen LogP contribution in [0.5, 0.6) is 0 Å². The van der Waals surface area contributed by atoms with Crippen LogP contribution in [0.15, 0.2) is 164 Å². The summed E-state index contributed by atoms with van der Waals surface area (Å²) in [7, 11) is 0. The van der Waals surface area contributed by atoms with Gasteiger partial charge in [-0.2, -0.15) is 0 Å². The first kappa shape index (κ1) is 31.1. The van der Waals surface area contributed by atoms with Crippen molar-refractivity contribution in [3.8, 4) is 44.5 Å². The van der Waals surface area contributed by atoms with E-state index in [1.165, 1.54) is 93.9 Å². The van der Waals surface area contributed by atoms with Crippen LogP contribution >= 0.6 is 0 Å². The van der Waals surface area contributed by atoms with E-state index in [4.69, 9.17) is 0 Å². The first-order valence-corrected chi connectivity index (χ1v) is 19.1. The maximum atomic E-state index is 2.54. The van der Waals surface area contributed by atoms with Crippen LogP contribution in [-0.4, -0.2) is 0 Å². The van der Waals surface area contributed by atoms with Crippen molar-refractivity contribution in [2.24, 2.45) is 0 Å². The molecule has 10 rings (SSSR count). The van der Waals surface area contributed by atoms with Crippen molar-refractivity contribution in [3.05, 3.63) is 192 Å². The molecule has 0 heteroatoms. The highest BCUT2D eigenvalue weighted by Gasteiger charge is 2.44. The van der Waals surface area contributed by atoms with Crippen molar-refractivity contribution >= 4 is 21.5 Å². The Balaban J connectivity index is 1.24. The summed E-state index contributed by atoms with van der Waals surface area (Å²) in [6, 6.07) is 62.2. The maximum Gasteiger partial charge on any atom is 0.0461 e. The Morgan fingerprint density at radius 1 is 0.346 bits per heavy atom. The highest BCUT2D eigenvalue weighted by Crippen LogP contribution is 2.57. The minimum absolute atomic E-state index is 0.0278. The van der Waals surface area contributed by atoms with Crippen LogP contribution in [-0.2, 0) is 10.8 Å². The van der Waals surface area contributed by atoms with E-state index in [9.17, 15) is 0 Å². The summed E-state index contributed by atoms with van der Waals surface area (Å²) in [6.45, 7) is 7.08. The van der Waals surface area contributed by atoms with E-state index in [0.29, 0.717) is 0 Å². The standard InChI is InChI=1S/C52H42/c1-4-51(5-2)45-26-16-14-20-37(45)39-30-28-34(32-47(39)51)49-41-22-10-12-24-43(41)50(44-25-13-11-23-42(44)49)35-29-31-40-38-21-15-17-27-46(38)52(6-3,48(40)33-35)36-18-8-7-9-19-36/h7-33H,4-6H2,1-3H3. The molecule has 1 atom stereocenters. The summed E-state index contributed by atoms with van der Waals surface area (Å²) < 4.78 is 0. The SMILES string of the molecule is CCC1(CC)c2ccccc2-c2ccc(-c3c4ccccc4c(-c4ccc5c(c4)C(CC)(c4ccccc4)c4ccccc4-5)c4ccccc34)cc21. The Bertz CT molecular complexity index is 2630. The molecule has 0 bridgehead atoms. The van der Waals surface area contributed by atoms with Gasteiger partial charge in [-0.3, -0.25) is 0 Å². The number of fused-ring (bicyclic) bond motifs is 8. The minimum Gasteiger partial charge on any atom is -0.0642 e. The fraction of sp³-hybridized carbons (Fsp3) is 0.154. The normalized spacial score (nSPS) is 16.4. The topological polar surface area (TPSA) is 0 Å². The van der Waals surface area contributed by atoms with E-state index >= 15 is 0 Å². The van der Waals surface area contributed by atoms with Gasteiger partial charge in [0.2, 0.25) is 0 Å². The van der Waals surface area contributed by atoms with Crippen molar-refractivity contribution in [2.45, 2.75) is 50.9 Å². The average Bonchev–Trinajstić information content (AvgIpc) is 3.67. The molecule has 0 aliphatic heterocycles. The monoisotopic (exact) mass is 666 g/mol. The van der Waals surface area contributed by atoms with Gasteiger partial charge in [-0.15, -0.1) is 0 Å². The molecule has 8 aromatic rings. The Kier molecular flexibility index (Phi) is 6.96. The van der Waals surface area contributed by atoms with Crippen LogP contribution in [0.4, 0.5) is 0 Å². The van der Waals surface area contributed by atoms with E-state index in [1.54, 1.807) is 0 Å². The molecule has 250 valence electrons. The highest BCUT2D eigenvalue weighted by atomic mass is 14.5. The molecule has 1 unspecified atom stereocenters. The lowest BCUT2D eigenvalue weighted by atomic mass is 9.70. The van der Waals surface area contributed by atoms with E-state index in [-0.39, 0.29) is 10.8 Å². The molecular formula is C52H42. The van der Waals surface area contributed by atoms with Gasteiger partial charge in [-0.1, -0.05) is 172 Å². The number of rotatable bonds is 6. The van der Waals surface area contributed by atoms with Crippen molar-refractivity contribution < 1.29 is 0 Å². The molecule has 2 aliphatic rings. The Morgan fingerprint density at radius 2 is 0.769 bits per heavy atom. The smallest absolute Gasteiger partial charge is 0.0461 e. The van der Waals surface area contributed by atoms with Crippen molar-refractivity contribution in [3.63, 3.8) is 0 Å². The van der Waals surface area contributed by atoms with E-state index in [2.05, 4.69) is 185 Å². The quantitative estimate of drug-likeness (QED) is 0.155. The van der Waals surface area contributed by atoms with Crippen molar-refractivity contribution in [2.75, 3.05) is 0 Å². The average molecular weight is 667 g/mol. The van der Waals surface area contributed by atoms with Gasteiger partial charge >= 0.3 is 0 Å². The van der Waals surface area contributed by atoms with Gasteiger partial charge in [0.15, 0.2) is 0 Å². The molecule has 52 heavy (non-hydrogen) atoms. The highest BCUT2D eigenvalue weighted by molar-refractivity contribution is 6.21. The summed E-state index contributed by atoms with van der Waals surface area (Å²) in [5, 5.41) is 5.21. The summed E-state index contributed by atoms with van der Waals surface area (Å²) >= 11 is 0. The van der Waals surface area contributed by atoms with Gasteiger partial charge in [0.1, 0.15) is 0 Å². The van der Waals surface area contributed by atoms with E-state index < -0.39 is 0 Å². The molecule has 0 heterocycles. The molecule has 0 amide bonds. The zero-order chi connectivity index (χ0) is 35.0. The first-order valence-electron chi connectivity index (χ1n) is 19.1. The fourth-order valence-corrected chi connectivity index (χ4v) is 10.5. The molecule has 2 aliphatic carbocycles. The molecular weight excluding hydrogens is 625 g/mol. The Hall–Kier alpha value is -5.72. The molecule has 0 aromatic heterocycles.